The summed E-state index contributed by atoms with van der Waals surface area (Å²) in [6.45, 7) is 1.86. The zero-order valence-corrected chi connectivity index (χ0v) is 19.7. The summed E-state index contributed by atoms with van der Waals surface area (Å²) in [7, 11) is -0.265. The molecule has 0 heterocycles. The number of hydrogen-bond donors (Lipinski definition) is 1. The smallest absolute Gasteiger partial charge is 0.255 e. The standard InChI is InChI=1S/C24H31N3O4S/c1-18(28)26(2)17-20-9-7-8-12-23(20)25-24(29)19-13-15-22(16-14-19)32(30,31)27(3)21-10-5-4-6-11-21/h7-9,12-16,21H,4-6,10-11,17H2,1-3H3,(H,25,29). The van der Waals surface area contributed by atoms with Gasteiger partial charge in [0, 0.05) is 44.9 Å². The maximum atomic E-state index is 13.0. The first-order valence-corrected chi connectivity index (χ1v) is 12.3. The predicted octanol–water partition coefficient (Wildman–Crippen LogP) is 3.87. The molecule has 2 amide bonds. The van der Waals surface area contributed by atoms with Gasteiger partial charge in [-0.25, -0.2) is 8.42 Å². The Hall–Kier alpha value is -2.71. The lowest BCUT2D eigenvalue weighted by atomic mass is 9.96. The molecule has 0 atom stereocenters. The third-order valence-electron chi connectivity index (χ3n) is 6.09. The Morgan fingerprint density at radius 2 is 1.59 bits per heavy atom. The Morgan fingerprint density at radius 1 is 0.969 bits per heavy atom. The van der Waals surface area contributed by atoms with E-state index in [0.717, 1.165) is 37.7 Å². The molecule has 2 aromatic rings. The van der Waals surface area contributed by atoms with Crippen LogP contribution in [0.15, 0.2) is 53.4 Å². The molecule has 0 spiro atoms. The van der Waals surface area contributed by atoms with E-state index in [4.69, 9.17) is 0 Å². The zero-order valence-electron chi connectivity index (χ0n) is 18.9. The summed E-state index contributed by atoms with van der Waals surface area (Å²) in [5.74, 6) is -0.409. The Morgan fingerprint density at radius 3 is 2.22 bits per heavy atom. The molecule has 1 saturated carbocycles. The molecule has 7 nitrogen and oxygen atoms in total. The number of para-hydroxylation sites is 1. The molecule has 0 unspecified atom stereocenters. The number of hydrogen-bond acceptors (Lipinski definition) is 4. The van der Waals surface area contributed by atoms with Crippen molar-refractivity contribution < 1.29 is 18.0 Å². The summed E-state index contributed by atoms with van der Waals surface area (Å²) >= 11 is 0. The van der Waals surface area contributed by atoms with E-state index >= 15 is 0 Å². The first-order valence-electron chi connectivity index (χ1n) is 10.9. The number of carbonyl (C=O) groups is 2. The van der Waals surface area contributed by atoms with E-state index in [0.29, 0.717) is 17.8 Å². The quantitative estimate of drug-likeness (QED) is 0.684. The van der Waals surface area contributed by atoms with Gasteiger partial charge >= 0.3 is 0 Å². The van der Waals surface area contributed by atoms with Crippen LogP contribution in [0.3, 0.4) is 0 Å². The Bertz CT molecular complexity index is 1060. The normalized spacial score (nSPS) is 14.9. The van der Waals surface area contributed by atoms with Gasteiger partial charge in [0.05, 0.1) is 4.90 Å². The number of nitrogens with one attached hydrogen (secondary N) is 1. The molecule has 1 N–H and O–H groups in total. The number of carbonyl (C=O) groups excluding carboxylic acids is 2. The first-order chi connectivity index (χ1) is 15.2. The Labute approximate surface area is 190 Å². The maximum Gasteiger partial charge on any atom is 0.255 e. The van der Waals surface area contributed by atoms with E-state index < -0.39 is 10.0 Å². The van der Waals surface area contributed by atoms with E-state index in [9.17, 15) is 18.0 Å². The fourth-order valence-electron chi connectivity index (χ4n) is 3.93. The second-order valence-electron chi connectivity index (χ2n) is 8.32. The number of benzene rings is 2. The number of sulfonamides is 1. The van der Waals surface area contributed by atoms with Crippen LogP contribution in [0.2, 0.25) is 0 Å². The van der Waals surface area contributed by atoms with Crippen LogP contribution in [0.1, 0.15) is 54.9 Å². The molecule has 1 aliphatic rings. The Kier molecular flexibility index (Phi) is 7.69. The van der Waals surface area contributed by atoms with Gasteiger partial charge < -0.3 is 10.2 Å². The highest BCUT2D eigenvalue weighted by atomic mass is 32.2. The molecular formula is C24H31N3O4S. The van der Waals surface area contributed by atoms with Crippen LogP contribution in [0, 0.1) is 0 Å². The monoisotopic (exact) mass is 457 g/mol. The summed E-state index contributed by atoms with van der Waals surface area (Å²) < 4.78 is 27.5. The van der Waals surface area contributed by atoms with Crippen LogP contribution >= 0.6 is 0 Å². The van der Waals surface area contributed by atoms with Crippen molar-refractivity contribution in [1.82, 2.24) is 9.21 Å². The van der Waals surface area contributed by atoms with Crippen LogP contribution < -0.4 is 5.32 Å². The van der Waals surface area contributed by atoms with Gasteiger partial charge in [0.25, 0.3) is 5.91 Å². The molecule has 0 aliphatic heterocycles. The van der Waals surface area contributed by atoms with Crippen LogP contribution in [0.25, 0.3) is 0 Å². The van der Waals surface area contributed by atoms with E-state index in [1.165, 1.54) is 35.5 Å². The summed E-state index contributed by atoms with van der Waals surface area (Å²) in [5.41, 5.74) is 1.78. The summed E-state index contributed by atoms with van der Waals surface area (Å²) in [5, 5.41) is 2.87. The lowest BCUT2D eigenvalue weighted by Gasteiger charge is -2.30. The molecule has 1 aliphatic carbocycles. The second-order valence-corrected chi connectivity index (χ2v) is 10.3. The van der Waals surface area contributed by atoms with E-state index in [1.54, 1.807) is 25.1 Å². The van der Waals surface area contributed by atoms with Gasteiger partial charge in [-0.15, -0.1) is 0 Å². The van der Waals surface area contributed by atoms with Crippen molar-refractivity contribution in [3.8, 4) is 0 Å². The largest absolute Gasteiger partial charge is 0.342 e. The van der Waals surface area contributed by atoms with Crippen molar-refractivity contribution in [2.45, 2.75) is 56.5 Å². The maximum absolute atomic E-state index is 13.0. The van der Waals surface area contributed by atoms with E-state index in [1.807, 2.05) is 18.2 Å². The van der Waals surface area contributed by atoms with Gasteiger partial charge in [-0.1, -0.05) is 37.5 Å². The minimum absolute atomic E-state index is 0.0290. The lowest BCUT2D eigenvalue weighted by Crippen LogP contribution is -2.38. The van der Waals surface area contributed by atoms with Gasteiger partial charge in [0.2, 0.25) is 15.9 Å². The molecule has 0 radical (unpaired) electrons. The average molecular weight is 458 g/mol. The van der Waals surface area contributed by atoms with Crippen molar-refractivity contribution in [3.63, 3.8) is 0 Å². The summed E-state index contributed by atoms with van der Waals surface area (Å²) in [6, 6.07) is 13.3. The van der Waals surface area contributed by atoms with Crippen LogP contribution in [0.5, 0.6) is 0 Å². The molecule has 1 fully saturated rings. The molecule has 3 rings (SSSR count). The highest BCUT2D eigenvalue weighted by Gasteiger charge is 2.29. The highest BCUT2D eigenvalue weighted by molar-refractivity contribution is 7.89. The minimum atomic E-state index is -3.60. The number of nitrogens with zero attached hydrogens (tertiary/aromatic N) is 2. The number of anilines is 1. The average Bonchev–Trinajstić information content (AvgIpc) is 2.80. The molecule has 8 heteroatoms. The highest BCUT2D eigenvalue weighted by Crippen LogP contribution is 2.27. The van der Waals surface area contributed by atoms with Crippen LogP contribution in [0.4, 0.5) is 5.69 Å². The van der Waals surface area contributed by atoms with E-state index in [-0.39, 0.29) is 22.8 Å². The fraction of sp³-hybridized carbons (Fsp3) is 0.417. The Balaban J connectivity index is 1.73. The first kappa shape index (κ1) is 23.9. The second kappa shape index (κ2) is 10.3. The van der Waals surface area contributed by atoms with Crippen molar-refractivity contribution in [1.29, 1.82) is 0 Å². The molecule has 172 valence electrons. The topological polar surface area (TPSA) is 86.8 Å². The van der Waals surface area contributed by atoms with Crippen molar-refractivity contribution in [3.05, 3.63) is 59.7 Å². The summed E-state index contributed by atoms with van der Waals surface area (Å²) in [4.78, 5) is 26.1. The van der Waals surface area contributed by atoms with Crippen LogP contribution in [-0.2, 0) is 21.4 Å². The molecular weight excluding hydrogens is 426 g/mol. The molecule has 0 saturated heterocycles. The number of rotatable bonds is 7. The lowest BCUT2D eigenvalue weighted by molar-refractivity contribution is -0.128. The van der Waals surface area contributed by atoms with Gasteiger partial charge in [0.1, 0.15) is 0 Å². The van der Waals surface area contributed by atoms with Crippen LogP contribution in [-0.4, -0.2) is 49.6 Å². The summed E-state index contributed by atoms with van der Waals surface area (Å²) in [6.07, 6.45) is 5.02. The van der Waals surface area contributed by atoms with Crippen molar-refractivity contribution >= 4 is 27.5 Å². The van der Waals surface area contributed by atoms with Gasteiger partial charge in [-0.3, -0.25) is 9.59 Å². The molecule has 0 aromatic heterocycles. The molecule has 32 heavy (non-hydrogen) atoms. The fourth-order valence-corrected chi connectivity index (χ4v) is 5.34. The third-order valence-corrected chi connectivity index (χ3v) is 8.02. The van der Waals surface area contributed by atoms with Gasteiger partial charge in [-0.05, 0) is 48.7 Å². The van der Waals surface area contributed by atoms with E-state index in [2.05, 4.69) is 5.32 Å². The molecule has 0 bridgehead atoms. The van der Waals surface area contributed by atoms with Gasteiger partial charge in [0.15, 0.2) is 0 Å². The van der Waals surface area contributed by atoms with Crippen molar-refractivity contribution in [2.24, 2.45) is 0 Å². The zero-order chi connectivity index (χ0) is 23.3. The minimum Gasteiger partial charge on any atom is -0.342 e. The molecule has 2 aromatic carbocycles. The van der Waals surface area contributed by atoms with Crippen molar-refractivity contribution in [2.75, 3.05) is 19.4 Å². The third kappa shape index (κ3) is 5.55. The SMILES string of the molecule is CC(=O)N(C)Cc1ccccc1NC(=O)c1ccc(S(=O)(=O)N(C)C2CCCCC2)cc1. The predicted molar refractivity (Wildman–Crippen MR) is 125 cm³/mol. The number of amides is 2. The van der Waals surface area contributed by atoms with Gasteiger partial charge in [-0.2, -0.15) is 4.31 Å².